The largest absolute Gasteiger partial charge is 0.384 e. The number of hydrogen-bond acceptors (Lipinski definition) is 2. The fourth-order valence-corrected chi connectivity index (χ4v) is 2.31. The summed E-state index contributed by atoms with van der Waals surface area (Å²) in [5.41, 5.74) is 5.18. The number of aryl methyl sites for hydroxylation is 3. The SMILES string of the molecule is Cc1ccc(C)c(NCCC(=O)Nc2ccc(C)c(Cl)c2)c1. The smallest absolute Gasteiger partial charge is 0.226 e. The highest BCUT2D eigenvalue weighted by Gasteiger charge is 2.05. The van der Waals surface area contributed by atoms with E-state index in [1.165, 1.54) is 11.1 Å². The Balaban J connectivity index is 1.85. The summed E-state index contributed by atoms with van der Waals surface area (Å²) in [6.07, 6.45) is 0.402. The van der Waals surface area contributed by atoms with Crippen molar-refractivity contribution in [2.24, 2.45) is 0 Å². The van der Waals surface area contributed by atoms with Crippen molar-refractivity contribution in [2.45, 2.75) is 27.2 Å². The third-order valence-corrected chi connectivity index (χ3v) is 3.92. The van der Waals surface area contributed by atoms with Crippen LogP contribution in [0.2, 0.25) is 5.02 Å². The molecule has 0 aromatic heterocycles. The average Bonchev–Trinajstić information content (AvgIpc) is 2.46. The number of hydrogen-bond donors (Lipinski definition) is 2. The van der Waals surface area contributed by atoms with Gasteiger partial charge < -0.3 is 10.6 Å². The first-order valence-electron chi connectivity index (χ1n) is 7.33. The molecule has 0 radical (unpaired) electrons. The molecule has 0 aliphatic rings. The molecule has 0 atom stereocenters. The number of anilines is 2. The van der Waals surface area contributed by atoms with Crippen LogP contribution < -0.4 is 10.6 Å². The van der Waals surface area contributed by atoms with Crippen molar-refractivity contribution in [2.75, 3.05) is 17.2 Å². The van der Waals surface area contributed by atoms with E-state index in [1.54, 1.807) is 6.07 Å². The van der Waals surface area contributed by atoms with E-state index in [1.807, 2.05) is 19.1 Å². The van der Waals surface area contributed by atoms with Gasteiger partial charge in [0, 0.05) is 29.4 Å². The molecule has 0 bridgehead atoms. The minimum atomic E-state index is -0.0299. The van der Waals surface area contributed by atoms with Crippen molar-refractivity contribution in [3.8, 4) is 0 Å². The maximum absolute atomic E-state index is 12.0. The van der Waals surface area contributed by atoms with Crippen LogP contribution in [-0.2, 0) is 4.79 Å². The Morgan fingerprint density at radius 2 is 1.77 bits per heavy atom. The van der Waals surface area contributed by atoms with Crippen LogP contribution in [0.5, 0.6) is 0 Å². The maximum atomic E-state index is 12.0. The van der Waals surface area contributed by atoms with Gasteiger partial charge in [-0.25, -0.2) is 0 Å². The number of rotatable bonds is 5. The van der Waals surface area contributed by atoms with Crippen LogP contribution in [0, 0.1) is 20.8 Å². The predicted molar refractivity (Wildman–Crippen MR) is 93.8 cm³/mol. The number of halogens is 1. The van der Waals surface area contributed by atoms with Crippen molar-refractivity contribution in [3.63, 3.8) is 0 Å². The highest BCUT2D eigenvalue weighted by Crippen LogP contribution is 2.20. The second-order valence-corrected chi connectivity index (χ2v) is 5.91. The first-order chi connectivity index (χ1) is 10.5. The van der Waals surface area contributed by atoms with Crippen molar-refractivity contribution >= 4 is 28.9 Å². The number of benzene rings is 2. The molecule has 22 heavy (non-hydrogen) atoms. The average molecular weight is 317 g/mol. The maximum Gasteiger partial charge on any atom is 0.226 e. The third-order valence-electron chi connectivity index (χ3n) is 3.52. The van der Waals surface area contributed by atoms with Crippen molar-refractivity contribution in [1.29, 1.82) is 0 Å². The molecule has 4 heteroatoms. The zero-order valence-corrected chi connectivity index (χ0v) is 13.9. The summed E-state index contributed by atoms with van der Waals surface area (Å²) in [4.78, 5) is 12.0. The lowest BCUT2D eigenvalue weighted by Gasteiger charge is -2.11. The molecule has 2 aromatic carbocycles. The summed E-state index contributed by atoms with van der Waals surface area (Å²) in [6, 6.07) is 11.8. The standard InChI is InChI=1S/C18H21ClN2O/c1-12-4-5-14(3)17(10-12)20-9-8-18(22)21-15-7-6-13(2)16(19)11-15/h4-7,10-11,20H,8-9H2,1-3H3,(H,21,22). The summed E-state index contributed by atoms with van der Waals surface area (Å²) in [7, 11) is 0. The Morgan fingerprint density at radius 3 is 2.50 bits per heavy atom. The van der Waals surface area contributed by atoms with Gasteiger partial charge in [-0.05, 0) is 55.7 Å². The van der Waals surface area contributed by atoms with Gasteiger partial charge in [0.2, 0.25) is 5.91 Å². The minimum Gasteiger partial charge on any atom is -0.384 e. The normalized spacial score (nSPS) is 10.4. The highest BCUT2D eigenvalue weighted by atomic mass is 35.5. The first-order valence-corrected chi connectivity index (χ1v) is 7.70. The van der Waals surface area contributed by atoms with Gasteiger partial charge in [-0.1, -0.05) is 29.8 Å². The molecule has 0 saturated carbocycles. The molecule has 2 N–H and O–H groups in total. The Hall–Kier alpha value is -2.00. The molecule has 116 valence electrons. The minimum absolute atomic E-state index is 0.0299. The Kier molecular flexibility index (Phi) is 5.45. The number of carbonyl (C=O) groups excluding carboxylic acids is 1. The summed E-state index contributed by atoms with van der Waals surface area (Å²) < 4.78 is 0. The molecule has 0 saturated heterocycles. The molecule has 0 fully saturated rings. The van der Waals surface area contributed by atoms with Crippen LogP contribution in [0.15, 0.2) is 36.4 Å². The van der Waals surface area contributed by atoms with Gasteiger partial charge in [0.1, 0.15) is 0 Å². The van der Waals surface area contributed by atoms with Crippen LogP contribution in [0.3, 0.4) is 0 Å². The third kappa shape index (κ3) is 4.50. The van der Waals surface area contributed by atoms with E-state index in [-0.39, 0.29) is 5.91 Å². The van der Waals surface area contributed by atoms with E-state index in [2.05, 4.69) is 42.7 Å². The number of carbonyl (C=O) groups is 1. The molecule has 0 heterocycles. The summed E-state index contributed by atoms with van der Waals surface area (Å²) in [5.74, 6) is -0.0299. The van der Waals surface area contributed by atoms with Crippen LogP contribution in [0.25, 0.3) is 0 Å². The molecule has 2 aromatic rings. The van der Waals surface area contributed by atoms with Gasteiger partial charge in [0.15, 0.2) is 0 Å². The van der Waals surface area contributed by atoms with E-state index in [9.17, 15) is 4.79 Å². The molecule has 3 nitrogen and oxygen atoms in total. The Morgan fingerprint density at radius 1 is 1.05 bits per heavy atom. The summed E-state index contributed by atoms with van der Waals surface area (Å²) >= 11 is 6.05. The quantitative estimate of drug-likeness (QED) is 0.839. The van der Waals surface area contributed by atoms with Crippen LogP contribution in [0.4, 0.5) is 11.4 Å². The summed E-state index contributed by atoms with van der Waals surface area (Å²) in [6.45, 7) is 6.63. The fourth-order valence-electron chi connectivity index (χ4n) is 2.13. The van der Waals surface area contributed by atoms with Crippen LogP contribution in [-0.4, -0.2) is 12.5 Å². The lowest BCUT2D eigenvalue weighted by molar-refractivity contribution is -0.115. The second-order valence-electron chi connectivity index (χ2n) is 5.51. The van der Waals surface area contributed by atoms with Crippen molar-refractivity contribution < 1.29 is 4.79 Å². The van der Waals surface area contributed by atoms with Crippen LogP contribution in [0.1, 0.15) is 23.1 Å². The monoisotopic (exact) mass is 316 g/mol. The second kappa shape index (κ2) is 7.32. The van der Waals surface area contributed by atoms with E-state index in [4.69, 9.17) is 11.6 Å². The van der Waals surface area contributed by atoms with E-state index < -0.39 is 0 Å². The molecule has 0 aliphatic heterocycles. The Labute approximate surface area is 136 Å². The van der Waals surface area contributed by atoms with Gasteiger partial charge in [0.25, 0.3) is 0 Å². The predicted octanol–water partition coefficient (Wildman–Crippen LogP) is 4.71. The number of amides is 1. The molecule has 2 rings (SSSR count). The summed E-state index contributed by atoms with van der Waals surface area (Å²) in [5, 5.41) is 6.82. The van der Waals surface area contributed by atoms with E-state index in [0.717, 1.165) is 16.9 Å². The molecule has 0 spiro atoms. The molecule has 0 unspecified atom stereocenters. The van der Waals surface area contributed by atoms with Gasteiger partial charge >= 0.3 is 0 Å². The lowest BCUT2D eigenvalue weighted by atomic mass is 10.1. The van der Waals surface area contributed by atoms with Gasteiger partial charge in [-0.15, -0.1) is 0 Å². The van der Waals surface area contributed by atoms with Gasteiger partial charge in [0.05, 0.1) is 0 Å². The first kappa shape index (κ1) is 16.4. The lowest BCUT2D eigenvalue weighted by Crippen LogP contribution is -2.16. The number of nitrogens with one attached hydrogen (secondary N) is 2. The van der Waals surface area contributed by atoms with Gasteiger partial charge in [-0.3, -0.25) is 4.79 Å². The molecular formula is C18H21ClN2O. The van der Waals surface area contributed by atoms with Crippen molar-refractivity contribution in [3.05, 3.63) is 58.1 Å². The molecule has 1 amide bonds. The highest BCUT2D eigenvalue weighted by molar-refractivity contribution is 6.31. The fraction of sp³-hybridized carbons (Fsp3) is 0.278. The van der Waals surface area contributed by atoms with Crippen LogP contribution >= 0.6 is 11.6 Å². The molecule has 0 aliphatic carbocycles. The van der Waals surface area contributed by atoms with Gasteiger partial charge in [-0.2, -0.15) is 0 Å². The zero-order chi connectivity index (χ0) is 16.1. The molecular weight excluding hydrogens is 296 g/mol. The van der Waals surface area contributed by atoms with Crippen molar-refractivity contribution in [1.82, 2.24) is 0 Å². The zero-order valence-electron chi connectivity index (χ0n) is 13.2. The van der Waals surface area contributed by atoms with E-state index in [0.29, 0.717) is 18.0 Å². The van der Waals surface area contributed by atoms with E-state index >= 15 is 0 Å². The topological polar surface area (TPSA) is 41.1 Å². The Bertz CT molecular complexity index is 683.